The van der Waals surface area contributed by atoms with Gasteiger partial charge < -0.3 is 10.1 Å². The fourth-order valence-electron chi connectivity index (χ4n) is 1.58. The summed E-state index contributed by atoms with van der Waals surface area (Å²) in [5.41, 5.74) is 1.22. The van der Waals surface area contributed by atoms with Crippen molar-refractivity contribution >= 4 is 27.7 Å². The lowest BCUT2D eigenvalue weighted by Crippen LogP contribution is -2.15. The molecule has 0 saturated heterocycles. The number of ether oxygens (including phenoxy) is 1. The molecule has 0 atom stereocenters. The maximum absolute atomic E-state index is 5.84. The van der Waals surface area contributed by atoms with Crippen LogP contribution in [0.15, 0.2) is 22.7 Å². The maximum Gasteiger partial charge on any atom is 0.123 e. The molecule has 0 aliphatic carbocycles. The minimum absolute atomic E-state index is 0.779. The summed E-state index contributed by atoms with van der Waals surface area (Å²) in [6.45, 7) is 7.03. The number of halogens is 1. The van der Waals surface area contributed by atoms with Crippen LogP contribution in [-0.2, 0) is 6.54 Å². The normalized spacial score (nSPS) is 10.6. The summed E-state index contributed by atoms with van der Waals surface area (Å²) in [6, 6.07) is 6.21. The number of benzene rings is 1. The molecule has 0 unspecified atom stereocenters. The van der Waals surface area contributed by atoms with E-state index in [2.05, 4.69) is 41.2 Å². The van der Waals surface area contributed by atoms with Gasteiger partial charge in [-0.1, -0.05) is 29.8 Å². The molecule has 0 saturated carbocycles. The van der Waals surface area contributed by atoms with E-state index < -0.39 is 0 Å². The highest BCUT2D eigenvalue weighted by Crippen LogP contribution is 2.23. The Morgan fingerprint density at radius 1 is 1.33 bits per heavy atom. The average molecular weight is 332 g/mol. The zero-order chi connectivity index (χ0) is 13.2. The highest BCUT2D eigenvalue weighted by atomic mass is 79.9. The first-order valence-electron chi connectivity index (χ1n) is 6.47. The second-order valence-electron chi connectivity index (χ2n) is 3.97. The van der Waals surface area contributed by atoms with Crippen molar-refractivity contribution in [2.45, 2.75) is 26.8 Å². The molecular weight excluding hydrogens is 310 g/mol. The Labute approximate surface area is 123 Å². The molecule has 1 aromatic carbocycles. The molecule has 1 N–H and O–H groups in total. The summed E-state index contributed by atoms with van der Waals surface area (Å²) in [6.07, 6.45) is 1.15. The van der Waals surface area contributed by atoms with E-state index in [1.54, 1.807) is 0 Å². The van der Waals surface area contributed by atoms with Gasteiger partial charge in [0.1, 0.15) is 5.75 Å². The SMILES string of the molecule is CCCNCc1cc(Br)ccc1OCCSCC. The highest BCUT2D eigenvalue weighted by molar-refractivity contribution is 9.10. The van der Waals surface area contributed by atoms with E-state index in [4.69, 9.17) is 4.74 Å². The van der Waals surface area contributed by atoms with Gasteiger partial charge >= 0.3 is 0 Å². The van der Waals surface area contributed by atoms with Gasteiger partial charge in [0, 0.05) is 22.3 Å². The third-order valence-corrected chi connectivity index (χ3v) is 3.81. The van der Waals surface area contributed by atoms with Crippen LogP contribution in [0.5, 0.6) is 5.75 Å². The zero-order valence-electron chi connectivity index (χ0n) is 11.2. The van der Waals surface area contributed by atoms with Crippen molar-refractivity contribution in [2.75, 3.05) is 24.7 Å². The van der Waals surface area contributed by atoms with Crippen molar-refractivity contribution in [3.8, 4) is 5.75 Å². The lowest BCUT2D eigenvalue weighted by atomic mass is 10.2. The van der Waals surface area contributed by atoms with Crippen LogP contribution in [0.25, 0.3) is 0 Å². The van der Waals surface area contributed by atoms with Crippen molar-refractivity contribution < 1.29 is 4.74 Å². The summed E-state index contributed by atoms with van der Waals surface area (Å²) in [5, 5.41) is 3.41. The van der Waals surface area contributed by atoms with E-state index in [0.29, 0.717) is 0 Å². The number of hydrogen-bond donors (Lipinski definition) is 1. The molecule has 4 heteroatoms. The Hall–Kier alpha value is -0.190. The average Bonchev–Trinajstić information content (AvgIpc) is 2.37. The van der Waals surface area contributed by atoms with Gasteiger partial charge in [-0.15, -0.1) is 0 Å². The molecule has 2 nitrogen and oxygen atoms in total. The zero-order valence-corrected chi connectivity index (χ0v) is 13.6. The first-order chi connectivity index (χ1) is 8.77. The van der Waals surface area contributed by atoms with E-state index in [0.717, 1.165) is 47.8 Å². The highest BCUT2D eigenvalue weighted by Gasteiger charge is 2.04. The Kier molecular flexibility index (Phi) is 8.55. The molecule has 18 heavy (non-hydrogen) atoms. The van der Waals surface area contributed by atoms with E-state index in [1.165, 1.54) is 5.56 Å². The third kappa shape index (κ3) is 6.12. The fourth-order valence-corrected chi connectivity index (χ4v) is 2.48. The van der Waals surface area contributed by atoms with Crippen LogP contribution in [0, 0.1) is 0 Å². The van der Waals surface area contributed by atoms with E-state index >= 15 is 0 Å². The molecule has 102 valence electrons. The fraction of sp³-hybridized carbons (Fsp3) is 0.571. The summed E-state index contributed by atoms with van der Waals surface area (Å²) >= 11 is 5.42. The number of rotatable bonds is 9. The minimum atomic E-state index is 0.779. The molecule has 0 amide bonds. The van der Waals surface area contributed by atoms with Crippen LogP contribution >= 0.6 is 27.7 Å². The molecule has 1 rings (SSSR count). The summed E-state index contributed by atoms with van der Waals surface area (Å²) in [5.74, 6) is 3.20. The molecule has 0 aliphatic heterocycles. The van der Waals surface area contributed by atoms with E-state index in [9.17, 15) is 0 Å². The predicted octanol–water partition coefficient (Wildman–Crippen LogP) is 4.08. The van der Waals surface area contributed by atoms with Gasteiger partial charge in [-0.25, -0.2) is 0 Å². The molecule has 0 spiro atoms. The van der Waals surface area contributed by atoms with Crippen molar-refractivity contribution in [2.24, 2.45) is 0 Å². The van der Waals surface area contributed by atoms with Crippen molar-refractivity contribution in [3.63, 3.8) is 0 Å². The Morgan fingerprint density at radius 2 is 2.17 bits per heavy atom. The standard InChI is InChI=1S/C14H22BrNOS/c1-3-7-16-11-12-10-13(15)5-6-14(12)17-8-9-18-4-2/h5-6,10,16H,3-4,7-9,11H2,1-2H3. The molecule has 0 heterocycles. The molecule has 0 radical (unpaired) electrons. The first-order valence-corrected chi connectivity index (χ1v) is 8.42. The lowest BCUT2D eigenvalue weighted by molar-refractivity contribution is 0.339. The van der Waals surface area contributed by atoms with Crippen LogP contribution in [0.1, 0.15) is 25.8 Å². The second kappa shape index (κ2) is 9.70. The van der Waals surface area contributed by atoms with Gasteiger partial charge in [-0.05, 0) is 36.9 Å². The summed E-state index contributed by atoms with van der Waals surface area (Å²) < 4.78 is 6.95. The lowest BCUT2D eigenvalue weighted by Gasteiger charge is -2.12. The van der Waals surface area contributed by atoms with E-state index in [-0.39, 0.29) is 0 Å². The minimum Gasteiger partial charge on any atom is -0.492 e. The molecule has 1 aromatic rings. The van der Waals surface area contributed by atoms with Crippen LogP contribution in [0.2, 0.25) is 0 Å². The number of nitrogens with one attached hydrogen (secondary N) is 1. The molecule has 0 aromatic heterocycles. The topological polar surface area (TPSA) is 21.3 Å². The summed E-state index contributed by atoms with van der Waals surface area (Å²) in [4.78, 5) is 0. The largest absolute Gasteiger partial charge is 0.492 e. The van der Waals surface area contributed by atoms with Crippen molar-refractivity contribution in [3.05, 3.63) is 28.2 Å². The smallest absolute Gasteiger partial charge is 0.123 e. The van der Waals surface area contributed by atoms with Gasteiger partial charge in [0.25, 0.3) is 0 Å². The van der Waals surface area contributed by atoms with Crippen LogP contribution in [0.4, 0.5) is 0 Å². The summed E-state index contributed by atoms with van der Waals surface area (Å²) in [7, 11) is 0. The molecule has 0 aliphatic rings. The van der Waals surface area contributed by atoms with Crippen LogP contribution < -0.4 is 10.1 Å². The molecular formula is C14H22BrNOS. The van der Waals surface area contributed by atoms with Gasteiger partial charge in [0.2, 0.25) is 0 Å². The van der Waals surface area contributed by atoms with Crippen LogP contribution in [-0.4, -0.2) is 24.7 Å². The monoisotopic (exact) mass is 331 g/mol. The maximum atomic E-state index is 5.84. The Balaban J connectivity index is 2.52. The predicted molar refractivity (Wildman–Crippen MR) is 84.6 cm³/mol. The second-order valence-corrected chi connectivity index (χ2v) is 6.28. The van der Waals surface area contributed by atoms with Gasteiger partial charge in [-0.3, -0.25) is 0 Å². The Morgan fingerprint density at radius 3 is 2.89 bits per heavy atom. The van der Waals surface area contributed by atoms with Crippen LogP contribution in [0.3, 0.4) is 0 Å². The quantitative estimate of drug-likeness (QED) is 0.689. The molecule has 0 bridgehead atoms. The molecule has 0 fully saturated rings. The first kappa shape index (κ1) is 15.9. The number of hydrogen-bond acceptors (Lipinski definition) is 3. The van der Waals surface area contributed by atoms with E-state index in [1.807, 2.05) is 23.9 Å². The Bertz CT molecular complexity index is 347. The number of thioether (sulfide) groups is 1. The third-order valence-electron chi connectivity index (χ3n) is 2.45. The van der Waals surface area contributed by atoms with Gasteiger partial charge in [-0.2, -0.15) is 11.8 Å². The van der Waals surface area contributed by atoms with Gasteiger partial charge in [0.05, 0.1) is 6.61 Å². The van der Waals surface area contributed by atoms with Crippen molar-refractivity contribution in [1.82, 2.24) is 5.32 Å². The van der Waals surface area contributed by atoms with Gasteiger partial charge in [0.15, 0.2) is 0 Å². The van der Waals surface area contributed by atoms with Crippen molar-refractivity contribution in [1.29, 1.82) is 0 Å².